The molecule has 1 fully saturated rings. The Morgan fingerprint density at radius 3 is 2.71 bits per heavy atom. The number of imidazole rings is 1. The zero-order valence-electron chi connectivity index (χ0n) is 11.8. The number of hydrogen-bond donors (Lipinski definition) is 2. The van der Waals surface area contributed by atoms with Crippen LogP contribution in [0.25, 0.3) is 11.2 Å². The number of aromatic nitrogens is 4. The number of nitrogens with zero attached hydrogens (tertiary/aromatic N) is 4. The van der Waals surface area contributed by atoms with Crippen LogP contribution in [0.2, 0.25) is 0 Å². The lowest BCUT2D eigenvalue weighted by molar-refractivity contribution is 0.0909. The molecule has 2 aromatic rings. The average molecular weight is 297 g/mol. The Balaban J connectivity index is 2.11. The number of fused-ring (bicyclic) bond motifs is 1. The summed E-state index contributed by atoms with van der Waals surface area (Å²) < 4.78 is 16.3. The van der Waals surface area contributed by atoms with Crippen LogP contribution in [0.15, 0.2) is 9.59 Å². The third-order valence-corrected chi connectivity index (χ3v) is 3.97. The molecule has 2 aromatic heterocycles. The van der Waals surface area contributed by atoms with Gasteiger partial charge < -0.3 is 15.0 Å². The van der Waals surface area contributed by atoms with Crippen LogP contribution >= 0.6 is 0 Å². The lowest BCUT2D eigenvalue weighted by Crippen LogP contribution is -2.36. The number of rotatable bonds is 2. The van der Waals surface area contributed by atoms with E-state index in [4.69, 9.17) is 5.11 Å². The van der Waals surface area contributed by atoms with Gasteiger partial charge in [-0.2, -0.15) is 4.98 Å². The molecule has 3 rings (SSSR count). The monoisotopic (exact) mass is 297 g/mol. The first-order valence-electron chi connectivity index (χ1n) is 6.57. The van der Waals surface area contributed by atoms with Gasteiger partial charge >= 0.3 is 5.69 Å². The van der Waals surface area contributed by atoms with Crippen molar-refractivity contribution in [2.45, 2.75) is 12.1 Å². The summed E-state index contributed by atoms with van der Waals surface area (Å²) in [4.78, 5) is 32.6. The number of anilines is 1. The van der Waals surface area contributed by atoms with Crippen molar-refractivity contribution in [1.29, 1.82) is 0 Å². The SMILES string of the molecule is Cn1c(=O)c2[nH]c(N3CCC(F)(CO)C3)nc2n(C)c1=O. The molecule has 0 bridgehead atoms. The maximum Gasteiger partial charge on any atom is 0.332 e. The topological polar surface area (TPSA) is 96.2 Å². The summed E-state index contributed by atoms with van der Waals surface area (Å²) in [6.45, 7) is -0.174. The van der Waals surface area contributed by atoms with Gasteiger partial charge in [0, 0.05) is 27.1 Å². The molecular formula is C12H16FN5O3. The summed E-state index contributed by atoms with van der Waals surface area (Å²) in [6.07, 6.45) is 0.192. The van der Waals surface area contributed by atoms with E-state index in [0.29, 0.717) is 12.5 Å². The van der Waals surface area contributed by atoms with Gasteiger partial charge in [0.05, 0.1) is 13.2 Å². The summed E-state index contributed by atoms with van der Waals surface area (Å²) in [7, 11) is 2.91. The molecule has 0 aromatic carbocycles. The molecule has 1 atom stereocenters. The third kappa shape index (κ3) is 1.96. The van der Waals surface area contributed by atoms with Gasteiger partial charge in [-0.05, 0) is 0 Å². The highest BCUT2D eigenvalue weighted by atomic mass is 19.1. The number of hydrogen-bond acceptors (Lipinski definition) is 5. The highest BCUT2D eigenvalue weighted by Crippen LogP contribution is 2.28. The van der Waals surface area contributed by atoms with E-state index in [1.165, 1.54) is 18.7 Å². The van der Waals surface area contributed by atoms with Crippen LogP contribution in [0.1, 0.15) is 6.42 Å². The van der Waals surface area contributed by atoms with Crippen LogP contribution in [0.4, 0.5) is 10.3 Å². The quantitative estimate of drug-likeness (QED) is 0.731. The van der Waals surface area contributed by atoms with E-state index in [2.05, 4.69) is 9.97 Å². The molecule has 0 aliphatic carbocycles. The van der Waals surface area contributed by atoms with Crippen molar-refractivity contribution in [3.8, 4) is 0 Å². The Hall–Kier alpha value is -2.16. The van der Waals surface area contributed by atoms with Crippen LogP contribution in [0, 0.1) is 0 Å². The van der Waals surface area contributed by atoms with Crippen LogP contribution < -0.4 is 16.1 Å². The molecular weight excluding hydrogens is 281 g/mol. The van der Waals surface area contributed by atoms with E-state index in [1.807, 2.05) is 0 Å². The van der Waals surface area contributed by atoms with Gasteiger partial charge in [-0.25, -0.2) is 9.18 Å². The van der Waals surface area contributed by atoms with Gasteiger partial charge in [-0.1, -0.05) is 0 Å². The maximum absolute atomic E-state index is 14.1. The summed E-state index contributed by atoms with van der Waals surface area (Å²) >= 11 is 0. The Morgan fingerprint density at radius 1 is 1.38 bits per heavy atom. The van der Waals surface area contributed by atoms with E-state index in [0.717, 1.165) is 4.57 Å². The molecule has 21 heavy (non-hydrogen) atoms. The molecule has 0 radical (unpaired) electrons. The predicted octanol–water partition coefficient (Wildman–Crippen LogP) is -1.13. The van der Waals surface area contributed by atoms with Gasteiger partial charge in [0.15, 0.2) is 16.8 Å². The summed E-state index contributed by atoms with van der Waals surface area (Å²) in [5.74, 6) is 0.330. The van der Waals surface area contributed by atoms with E-state index in [9.17, 15) is 14.0 Å². The first kappa shape index (κ1) is 13.8. The number of nitrogens with one attached hydrogen (secondary N) is 1. The molecule has 0 spiro atoms. The number of halogens is 1. The molecule has 0 saturated carbocycles. The Morgan fingerprint density at radius 2 is 2.10 bits per heavy atom. The first-order valence-corrected chi connectivity index (χ1v) is 6.57. The Kier molecular flexibility index (Phi) is 2.90. The number of H-pyrrole nitrogens is 1. The van der Waals surface area contributed by atoms with Crippen LogP contribution in [0.5, 0.6) is 0 Å². The minimum atomic E-state index is -1.66. The van der Waals surface area contributed by atoms with E-state index in [-0.39, 0.29) is 24.1 Å². The largest absolute Gasteiger partial charge is 0.393 e. The third-order valence-electron chi connectivity index (χ3n) is 3.97. The van der Waals surface area contributed by atoms with E-state index >= 15 is 0 Å². The van der Waals surface area contributed by atoms with Gasteiger partial charge in [0.2, 0.25) is 5.95 Å². The standard InChI is InChI=1S/C12H16FN5O3/c1-16-8-7(9(20)17(2)11(16)21)14-10(15-8)18-4-3-12(13,5-18)6-19/h19H,3-6H2,1-2H3,(H,14,15). The smallest absolute Gasteiger partial charge is 0.332 e. The normalized spacial score (nSPS) is 22.4. The number of alkyl halides is 1. The Labute approximate surface area is 118 Å². The molecule has 2 N–H and O–H groups in total. The summed E-state index contributed by atoms with van der Waals surface area (Å²) in [6, 6.07) is 0. The molecule has 3 heterocycles. The number of aromatic amines is 1. The zero-order valence-corrected chi connectivity index (χ0v) is 11.8. The number of aliphatic hydroxyl groups excluding tert-OH is 1. The van der Waals surface area contributed by atoms with Gasteiger partial charge in [0.25, 0.3) is 5.56 Å². The highest BCUT2D eigenvalue weighted by molar-refractivity contribution is 5.73. The lowest BCUT2D eigenvalue weighted by Gasteiger charge is -2.17. The molecule has 8 nitrogen and oxygen atoms in total. The predicted molar refractivity (Wildman–Crippen MR) is 74.3 cm³/mol. The molecule has 1 aliphatic heterocycles. The zero-order chi connectivity index (χ0) is 15.4. The van der Waals surface area contributed by atoms with Gasteiger partial charge in [-0.15, -0.1) is 0 Å². The molecule has 1 unspecified atom stereocenters. The van der Waals surface area contributed by atoms with E-state index < -0.39 is 23.5 Å². The first-order chi connectivity index (χ1) is 9.86. The van der Waals surface area contributed by atoms with Crippen LogP contribution in [0.3, 0.4) is 0 Å². The molecule has 0 amide bonds. The molecule has 1 saturated heterocycles. The minimum absolute atomic E-state index is 0.00240. The summed E-state index contributed by atoms with van der Waals surface area (Å²) in [5.41, 5.74) is -2.16. The van der Waals surface area contributed by atoms with Crippen molar-refractivity contribution in [2.24, 2.45) is 14.1 Å². The fourth-order valence-electron chi connectivity index (χ4n) is 2.61. The highest BCUT2D eigenvalue weighted by Gasteiger charge is 2.39. The second kappa shape index (κ2) is 4.42. The molecule has 114 valence electrons. The Bertz CT molecular complexity index is 823. The van der Waals surface area contributed by atoms with Crippen molar-refractivity contribution in [3.63, 3.8) is 0 Å². The van der Waals surface area contributed by atoms with Crippen molar-refractivity contribution >= 4 is 17.1 Å². The van der Waals surface area contributed by atoms with Crippen molar-refractivity contribution < 1.29 is 9.50 Å². The summed E-state index contributed by atoms with van der Waals surface area (Å²) in [5, 5.41) is 9.06. The van der Waals surface area contributed by atoms with Crippen LogP contribution in [-0.2, 0) is 14.1 Å². The number of aryl methyl sites for hydroxylation is 1. The number of aliphatic hydroxyl groups is 1. The second-order valence-electron chi connectivity index (χ2n) is 5.45. The lowest BCUT2D eigenvalue weighted by atomic mass is 10.1. The second-order valence-corrected chi connectivity index (χ2v) is 5.45. The molecule has 1 aliphatic rings. The van der Waals surface area contributed by atoms with Crippen molar-refractivity contribution in [1.82, 2.24) is 19.1 Å². The van der Waals surface area contributed by atoms with Gasteiger partial charge in [0.1, 0.15) is 0 Å². The average Bonchev–Trinajstić information content (AvgIpc) is 3.07. The fourth-order valence-corrected chi connectivity index (χ4v) is 2.61. The van der Waals surface area contributed by atoms with Crippen LogP contribution in [-0.4, -0.2) is 49.6 Å². The molecule has 9 heteroatoms. The van der Waals surface area contributed by atoms with Gasteiger partial charge in [-0.3, -0.25) is 13.9 Å². The maximum atomic E-state index is 14.1. The minimum Gasteiger partial charge on any atom is -0.393 e. The van der Waals surface area contributed by atoms with Crippen molar-refractivity contribution in [3.05, 3.63) is 20.8 Å². The van der Waals surface area contributed by atoms with E-state index in [1.54, 1.807) is 4.90 Å². The van der Waals surface area contributed by atoms with Crippen molar-refractivity contribution in [2.75, 3.05) is 24.6 Å². The fraction of sp³-hybridized carbons (Fsp3) is 0.583.